The first-order valence-corrected chi connectivity index (χ1v) is 19.3. The summed E-state index contributed by atoms with van der Waals surface area (Å²) in [6.07, 6.45) is 3.65. The second-order valence-electron chi connectivity index (χ2n) is 14.4. The zero-order chi connectivity index (χ0) is 37.7. The highest BCUT2D eigenvalue weighted by atomic mass is 16.3. The van der Waals surface area contributed by atoms with Crippen molar-refractivity contribution in [3.8, 4) is 39.1 Å². The third-order valence-electron chi connectivity index (χ3n) is 11.1. The topological polar surface area (TPSA) is 34.2 Å². The number of aromatic nitrogens is 2. The van der Waals surface area contributed by atoms with Gasteiger partial charge in [-0.3, -0.25) is 4.98 Å². The van der Waals surface area contributed by atoms with Gasteiger partial charge in [0, 0.05) is 62.3 Å². The highest BCUT2D eigenvalue weighted by Gasteiger charge is 2.18. The zero-order valence-corrected chi connectivity index (χ0v) is 31.0. The fourth-order valence-electron chi connectivity index (χ4n) is 8.45. The molecule has 0 saturated carbocycles. The molecule has 4 nitrogen and oxygen atoms in total. The van der Waals surface area contributed by atoms with Crippen molar-refractivity contribution in [2.75, 3.05) is 4.90 Å². The van der Waals surface area contributed by atoms with Crippen molar-refractivity contribution in [3.63, 3.8) is 0 Å². The maximum atomic E-state index is 6.36. The predicted molar refractivity (Wildman–Crippen MR) is 237 cm³/mol. The lowest BCUT2D eigenvalue weighted by Crippen LogP contribution is -2.10. The minimum Gasteiger partial charge on any atom is -0.455 e. The maximum absolute atomic E-state index is 6.36. The molecular formula is C53H35N3O. The molecule has 4 heteroatoms. The maximum Gasteiger partial charge on any atom is 0.143 e. The Morgan fingerprint density at radius 2 is 0.982 bits per heavy atom. The Bertz CT molecular complexity index is 3160. The Morgan fingerprint density at radius 3 is 1.72 bits per heavy atom. The Morgan fingerprint density at radius 1 is 0.404 bits per heavy atom. The number of hydrogen-bond donors (Lipinski definition) is 0. The normalized spacial score (nSPS) is 11.5. The van der Waals surface area contributed by atoms with Gasteiger partial charge in [-0.25, -0.2) is 0 Å². The van der Waals surface area contributed by atoms with E-state index in [0.717, 1.165) is 61.4 Å². The van der Waals surface area contributed by atoms with Crippen molar-refractivity contribution in [3.05, 3.63) is 213 Å². The fraction of sp³-hybridized carbons (Fsp3) is 0. The average Bonchev–Trinajstić information content (AvgIpc) is 3.84. The van der Waals surface area contributed by atoms with E-state index in [1.54, 1.807) is 6.20 Å². The molecule has 3 heterocycles. The molecule has 0 unspecified atom stereocenters. The molecule has 0 bridgehead atoms. The van der Waals surface area contributed by atoms with E-state index < -0.39 is 0 Å². The molecule has 0 aliphatic heterocycles. The first-order valence-electron chi connectivity index (χ1n) is 19.3. The third-order valence-corrected chi connectivity index (χ3v) is 11.1. The highest BCUT2D eigenvalue weighted by Crippen LogP contribution is 2.42. The highest BCUT2D eigenvalue weighted by molar-refractivity contribution is 6.10. The lowest BCUT2D eigenvalue weighted by Gasteiger charge is -2.27. The summed E-state index contributed by atoms with van der Waals surface area (Å²) in [4.78, 5) is 6.67. The summed E-state index contributed by atoms with van der Waals surface area (Å²) in [6.45, 7) is 0. The van der Waals surface area contributed by atoms with Crippen molar-refractivity contribution in [1.29, 1.82) is 0 Å². The molecule has 0 atom stereocenters. The summed E-state index contributed by atoms with van der Waals surface area (Å²) >= 11 is 0. The van der Waals surface area contributed by atoms with Crippen LogP contribution in [0.3, 0.4) is 0 Å². The summed E-state index contributed by atoms with van der Waals surface area (Å²) in [5.74, 6) is 0. The van der Waals surface area contributed by atoms with E-state index in [1.165, 1.54) is 38.5 Å². The third kappa shape index (κ3) is 5.58. The van der Waals surface area contributed by atoms with Gasteiger partial charge in [0.05, 0.1) is 11.0 Å². The molecule has 3 aromatic heterocycles. The first kappa shape index (κ1) is 32.7. The van der Waals surface area contributed by atoms with Crippen LogP contribution in [0.2, 0.25) is 0 Å². The predicted octanol–water partition coefficient (Wildman–Crippen LogP) is 14.5. The number of benzene rings is 8. The summed E-state index contributed by atoms with van der Waals surface area (Å²) < 4.78 is 8.73. The Balaban J connectivity index is 1.01. The lowest BCUT2D eigenvalue weighted by molar-refractivity contribution is 0.669. The van der Waals surface area contributed by atoms with Gasteiger partial charge in [0.15, 0.2) is 0 Å². The minimum atomic E-state index is 0.844. The van der Waals surface area contributed by atoms with Gasteiger partial charge in [0.1, 0.15) is 11.2 Å². The molecule has 0 N–H and O–H groups in total. The van der Waals surface area contributed by atoms with E-state index in [1.807, 2.05) is 12.3 Å². The van der Waals surface area contributed by atoms with Crippen molar-refractivity contribution in [1.82, 2.24) is 9.55 Å². The SMILES string of the molecule is c1ccc(-c2cc(N(c3ccccc3)c3ccc(-c4cccc5c4oc4ccncc45)cc3)ccc2-c2ccc(-n3c4ccccc4c4ccccc43)cc2)cc1. The number of nitrogens with zero attached hydrogens (tertiary/aromatic N) is 3. The van der Waals surface area contributed by atoms with Gasteiger partial charge in [-0.2, -0.15) is 0 Å². The molecule has 0 amide bonds. The van der Waals surface area contributed by atoms with Crippen LogP contribution in [-0.4, -0.2) is 9.55 Å². The van der Waals surface area contributed by atoms with Crippen molar-refractivity contribution in [2.45, 2.75) is 0 Å². The van der Waals surface area contributed by atoms with Gasteiger partial charge >= 0.3 is 0 Å². The van der Waals surface area contributed by atoms with Crippen LogP contribution in [-0.2, 0) is 0 Å². The van der Waals surface area contributed by atoms with E-state index in [2.05, 4.69) is 209 Å². The molecule has 0 radical (unpaired) electrons. The van der Waals surface area contributed by atoms with Crippen LogP contribution in [0, 0.1) is 0 Å². The van der Waals surface area contributed by atoms with Crippen molar-refractivity contribution >= 4 is 60.8 Å². The molecular weight excluding hydrogens is 695 g/mol. The van der Waals surface area contributed by atoms with Gasteiger partial charge in [-0.15, -0.1) is 0 Å². The molecule has 0 fully saturated rings. The Hall–Kier alpha value is -7.69. The molecule has 0 spiro atoms. The Labute approximate surface area is 330 Å². The van der Waals surface area contributed by atoms with Gasteiger partial charge in [0.2, 0.25) is 0 Å². The van der Waals surface area contributed by atoms with Gasteiger partial charge in [0.25, 0.3) is 0 Å². The van der Waals surface area contributed by atoms with E-state index in [9.17, 15) is 0 Å². The standard InChI is InChI=1S/C53H35N3O/c1-3-12-36(13-4-1)48-34-42(30-31-43(48)37-22-28-41(29-23-37)56-50-20-9-7-16-45(50)46-17-8-10-21-51(46)56)55(39-14-5-2-6-15-39)40-26-24-38(25-27-40)44-18-11-19-47-49-35-54-33-32-52(49)57-53(44)47/h1-35H. The largest absolute Gasteiger partial charge is 0.455 e. The van der Waals surface area contributed by atoms with Crippen LogP contribution in [0.25, 0.3) is 82.8 Å². The second kappa shape index (κ2) is 13.6. The summed E-state index contributed by atoms with van der Waals surface area (Å²) in [7, 11) is 0. The minimum absolute atomic E-state index is 0.844. The monoisotopic (exact) mass is 729 g/mol. The molecule has 0 aliphatic carbocycles. The van der Waals surface area contributed by atoms with Gasteiger partial charge in [-0.1, -0.05) is 133 Å². The summed E-state index contributed by atoms with van der Waals surface area (Å²) in [6, 6.07) is 71.5. The van der Waals surface area contributed by atoms with E-state index in [4.69, 9.17) is 4.42 Å². The van der Waals surface area contributed by atoms with E-state index in [0.29, 0.717) is 0 Å². The van der Waals surface area contributed by atoms with Gasteiger partial charge < -0.3 is 13.9 Å². The average molecular weight is 730 g/mol. The van der Waals surface area contributed by atoms with Crippen LogP contribution in [0.5, 0.6) is 0 Å². The van der Waals surface area contributed by atoms with E-state index in [-0.39, 0.29) is 0 Å². The number of pyridine rings is 1. The summed E-state index contributed by atoms with van der Waals surface area (Å²) in [5, 5.41) is 4.62. The number of anilines is 3. The van der Waals surface area contributed by atoms with Crippen LogP contribution in [0.1, 0.15) is 0 Å². The quantitative estimate of drug-likeness (QED) is 0.164. The first-order chi connectivity index (χ1) is 28.3. The molecule has 11 aromatic rings. The number of fused-ring (bicyclic) bond motifs is 6. The smallest absolute Gasteiger partial charge is 0.143 e. The lowest BCUT2D eigenvalue weighted by atomic mass is 9.93. The molecule has 57 heavy (non-hydrogen) atoms. The van der Waals surface area contributed by atoms with Crippen LogP contribution in [0.15, 0.2) is 217 Å². The number of para-hydroxylation sites is 4. The van der Waals surface area contributed by atoms with Crippen molar-refractivity contribution in [2.24, 2.45) is 0 Å². The summed E-state index contributed by atoms with van der Waals surface area (Å²) in [5.41, 5.74) is 15.3. The van der Waals surface area contributed by atoms with Crippen LogP contribution < -0.4 is 4.90 Å². The zero-order valence-electron chi connectivity index (χ0n) is 31.0. The van der Waals surface area contributed by atoms with Crippen molar-refractivity contribution < 1.29 is 4.42 Å². The van der Waals surface area contributed by atoms with Crippen LogP contribution >= 0.6 is 0 Å². The van der Waals surface area contributed by atoms with E-state index >= 15 is 0 Å². The molecule has 0 saturated heterocycles. The molecule has 0 aliphatic rings. The van der Waals surface area contributed by atoms with Crippen LogP contribution in [0.4, 0.5) is 17.1 Å². The fourth-order valence-corrected chi connectivity index (χ4v) is 8.45. The second-order valence-corrected chi connectivity index (χ2v) is 14.4. The molecule has 268 valence electrons. The number of furan rings is 1. The Kier molecular flexibility index (Phi) is 7.78. The van der Waals surface area contributed by atoms with Gasteiger partial charge in [-0.05, 0) is 94.5 Å². The molecule has 11 rings (SSSR count). The number of hydrogen-bond acceptors (Lipinski definition) is 3. The number of rotatable bonds is 7. The molecule has 8 aromatic carbocycles.